The van der Waals surface area contributed by atoms with E-state index in [1.807, 2.05) is 11.8 Å². The minimum absolute atomic E-state index is 0.0341. The van der Waals surface area contributed by atoms with Crippen LogP contribution in [0.1, 0.15) is 25.7 Å². The molecule has 2 nitrogen and oxygen atoms in total. The molecule has 0 saturated carbocycles. The Morgan fingerprint density at radius 2 is 2.42 bits per heavy atom. The second kappa shape index (κ2) is 2.19. The summed E-state index contributed by atoms with van der Waals surface area (Å²) in [5, 5.41) is 1.36. The SMILES string of the molecule is O=C1OCCC12CC1CCC2S1. The standard InChI is InChI=1S/C9H12O2S/c10-8-9(3-4-11-8)5-6-1-2-7(9)12-6/h6-7H,1-5H2. The van der Waals surface area contributed by atoms with Crippen molar-refractivity contribution < 1.29 is 9.53 Å². The Balaban J connectivity index is 1.96. The van der Waals surface area contributed by atoms with Crippen molar-refractivity contribution >= 4 is 17.7 Å². The molecule has 3 fully saturated rings. The summed E-state index contributed by atoms with van der Waals surface area (Å²) in [7, 11) is 0. The predicted molar refractivity (Wildman–Crippen MR) is 47.0 cm³/mol. The smallest absolute Gasteiger partial charge is 0.313 e. The highest BCUT2D eigenvalue weighted by Gasteiger charge is 2.59. The lowest BCUT2D eigenvalue weighted by atomic mass is 9.73. The quantitative estimate of drug-likeness (QED) is 0.535. The maximum Gasteiger partial charge on any atom is 0.313 e. The van der Waals surface area contributed by atoms with Crippen LogP contribution in [0.25, 0.3) is 0 Å². The van der Waals surface area contributed by atoms with Crippen LogP contribution < -0.4 is 0 Å². The van der Waals surface area contributed by atoms with Gasteiger partial charge in [-0.3, -0.25) is 4.79 Å². The second-order valence-electron chi connectivity index (χ2n) is 4.07. The van der Waals surface area contributed by atoms with Gasteiger partial charge in [-0.05, 0) is 25.7 Å². The first-order valence-electron chi connectivity index (χ1n) is 4.64. The Bertz CT molecular complexity index is 241. The monoisotopic (exact) mass is 184 g/mol. The maximum atomic E-state index is 11.6. The summed E-state index contributed by atoms with van der Waals surface area (Å²) in [6.45, 7) is 0.669. The van der Waals surface area contributed by atoms with Crippen LogP contribution in [0.2, 0.25) is 0 Å². The van der Waals surface area contributed by atoms with Crippen molar-refractivity contribution in [1.82, 2.24) is 0 Å². The molecule has 3 atom stereocenters. The van der Waals surface area contributed by atoms with Crippen LogP contribution in [0.15, 0.2) is 0 Å². The zero-order chi connectivity index (χ0) is 8.18. The highest BCUT2D eigenvalue weighted by Crippen LogP contribution is 2.59. The zero-order valence-corrected chi connectivity index (χ0v) is 7.73. The second-order valence-corrected chi connectivity index (χ2v) is 5.58. The lowest BCUT2D eigenvalue weighted by Crippen LogP contribution is -2.35. The summed E-state index contributed by atoms with van der Waals surface area (Å²) < 4.78 is 5.09. The largest absolute Gasteiger partial charge is 0.465 e. The van der Waals surface area contributed by atoms with Crippen LogP contribution in [0.3, 0.4) is 0 Å². The van der Waals surface area contributed by atoms with Crippen molar-refractivity contribution in [3.8, 4) is 0 Å². The number of carbonyl (C=O) groups excluding carboxylic acids is 1. The van der Waals surface area contributed by atoms with E-state index in [9.17, 15) is 4.79 Å². The third kappa shape index (κ3) is 0.709. The summed E-state index contributed by atoms with van der Waals surface area (Å²) >= 11 is 2.03. The molecular weight excluding hydrogens is 172 g/mol. The maximum absolute atomic E-state index is 11.6. The van der Waals surface area contributed by atoms with Crippen molar-refractivity contribution in [2.45, 2.75) is 36.2 Å². The number of hydrogen-bond donors (Lipinski definition) is 0. The predicted octanol–water partition coefficient (Wildman–Crippen LogP) is 1.59. The van der Waals surface area contributed by atoms with E-state index in [2.05, 4.69) is 0 Å². The van der Waals surface area contributed by atoms with E-state index < -0.39 is 0 Å². The molecule has 66 valence electrons. The molecule has 3 aliphatic heterocycles. The van der Waals surface area contributed by atoms with Crippen LogP contribution in [-0.2, 0) is 9.53 Å². The number of cyclic esters (lactones) is 1. The number of fused-ring (bicyclic) bond motifs is 3. The van der Waals surface area contributed by atoms with Gasteiger partial charge >= 0.3 is 5.97 Å². The molecule has 0 aromatic carbocycles. The average Bonchev–Trinajstić information content (AvgIpc) is 2.69. The molecule has 12 heavy (non-hydrogen) atoms. The lowest BCUT2D eigenvalue weighted by molar-refractivity contribution is -0.146. The lowest BCUT2D eigenvalue weighted by Gasteiger charge is -2.27. The van der Waals surface area contributed by atoms with Gasteiger partial charge in [-0.2, -0.15) is 11.8 Å². The van der Waals surface area contributed by atoms with Gasteiger partial charge in [-0.25, -0.2) is 0 Å². The minimum atomic E-state index is -0.0341. The summed E-state index contributed by atoms with van der Waals surface area (Å²) in [4.78, 5) is 11.6. The van der Waals surface area contributed by atoms with Gasteiger partial charge in [0.1, 0.15) is 0 Å². The van der Waals surface area contributed by atoms with E-state index in [0.717, 1.165) is 18.1 Å². The number of esters is 1. The Kier molecular flexibility index (Phi) is 1.32. The summed E-state index contributed by atoms with van der Waals surface area (Å²) in [6.07, 6.45) is 4.65. The number of hydrogen-bond acceptors (Lipinski definition) is 3. The molecule has 0 aromatic rings. The fraction of sp³-hybridized carbons (Fsp3) is 0.889. The van der Waals surface area contributed by atoms with Crippen LogP contribution >= 0.6 is 11.8 Å². The number of carbonyl (C=O) groups is 1. The molecule has 3 aliphatic rings. The number of thioether (sulfide) groups is 1. The van der Waals surface area contributed by atoms with Gasteiger partial charge in [0.05, 0.1) is 12.0 Å². The third-order valence-electron chi connectivity index (χ3n) is 3.50. The normalized spacial score (nSPS) is 50.5. The molecule has 0 aromatic heterocycles. The average molecular weight is 184 g/mol. The van der Waals surface area contributed by atoms with E-state index in [-0.39, 0.29) is 11.4 Å². The van der Waals surface area contributed by atoms with Gasteiger partial charge in [0.15, 0.2) is 0 Å². The van der Waals surface area contributed by atoms with E-state index in [1.165, 1.54) is 12.8 Å². The van der Waals surface area contributed by atoms with Crippen LogP contribution in [-0.4, -0.2) is 23.1 Å². The molecule has 2 bridgehead atoms. The van der Waals surface area contributed by atoms with Crippen LogP contribution in [0.4, 0.5) is 0 Å². The van der Waals surface area contributed by atoms with E-state index in [0.29, 0.717) is 11.9 Å². The Hall–Kier alpha value is -0.180. The first kappa shape index (κ1) is 7.25. The molecule has 0 amide bonds. The van der Waals surface area contributed by atoms with Crippen molar-refractivity contribution in [3.63, 3.8) is 0 Å². The number of ether oxygens (including phenoxy) is 1. The van der Waals surface area contributed by atoms with Crippen LogP contribution in [0.5, 0.6) is 0 Å². The molecule has 0 N–H and O–H groups in total. The molecule has 3 heterocycles. The van der Waals surface area contributed by atoms with Gasteiger partial charge in [0.2, 0.25) is 0 Å². The van der Waals surface area contributed by atoms with E-state index in [1.54, 1.807) is 0 Å². The highest BCUT2D eigenvalue weighted by atomic mass is 32.2. The highest BCUT2D eigenvalue weighted by molar-refractivity contribution is 8.01. The first-order valence-corrected chi connectivity index (χ1v) is 5.58. The fourth-order valence-corrected chi connectivity index (χ4v) is 4.82. The van der Waals surface area contributed by atoms with Gasteiger partial charge in [0.25, 0.3) is 0 Å². The molecule has 0 radical (unpaired) electrons. The van der Waals surface area contributed by atoms with Gasteiger partial charge in [-0.1, -0.05) is 0 Å². The van der Waals surface area contributed by atoms with Gasteiger partial charge < -0.3 is 4.74 Å². The molecule has 3 saturated heterocycles. The van der Waals surface area contributed by atoms with E-state index in [4.69, 9.17) is 4.74 Å². The van der Waals surface area contributed by atoms with Crippen molar-refractivity contribution in [2.75, 3.05) is 6.61 Å². The number of rotatable bonds is 0. The first-order chi connectivity index (χ1) is 5.81. The molecular formula is C9H12O2S. The van der Waals surface area contributed by atoms with E-state index >= 15 is 0 Å². The van der Waals surface area contributed by atoms with Crippen LogP contribution in [0, 0.1) is 5.41 Å². The Morgan fingerprint density at radius 1 is 1.50 bits per heavy atom. The summed E-state index contributed by atoms with van der Waals surface area (Å²) in [6, 6.07) is 0. The molecule has 3 rings (SSSR count). The molecule has 3 unspecified atom stereocenters. The zero-order valence-electron chi connectivity index (χ0n) is 6.91. The van der Waals surface area contributed by atoms with Crippen molar-refractivity contribution in [1.29, 1.82) is 0 Å². The molecule has 3 heteroatoms. The molecule has 1 spiro atoms. The summed E-state index contributed by atoms with van der Waals surface area (Å²) in [5.74, 6) is 0.0993. The fourth-order valence-electron chi connectivity index (χ4n) is 2.85. The Morgan fingerprint density at radius 3 is 2.92 bits per heavy atom. The van der Waals surface area contributed by atoms with Gasteiger partial charge in [-0.15, -0.1) is 0 Å². The Labute approximate surface area is 76.0 Å². The summed E-state index contributed by atoms with van der Waals surface area (Å²) in [5.41, 5.74) is -0.0341. The topological polar surface area (TPSA) is 26.3 Å². The minimum Gasteiger partial charge on any atom is -0.465 e. The van der Waals surface area contributed by atoms with Crippen molar-refractivity contribution in [3.05, 3.63) is 0 Å². The molecule has 0 aliphatic carbocycles. The van der Waals surface area contributed by atoms with Crippen molar-refractivity contribution in [2.24, 2.45) is 5.41 Å². The third-order valence-corrected chi connectivity index (χ3v) is 5.31. The van der Waals surface area contributed by atoms with Gasteiger partial charge in [0, 0.05) is 10.5 Å².